The third-order valence-electron chi connectivity index (χ3n) is 2.85. The molecule has 0 aromatic carbocycles. The van der Waals surface area contributed by atoms with E-state index in [1.54, 1.807) is 0 Å². The fourth-order valence-electron chi connectivity index (χ4n) is 1.90. The van der Waals surface area contributed by atoms with Crippen molar-refractivity contribution in [2.75, 3.05) is 13.2 Å². The third kappa shape index (κ3) is 3.65. The summed E-state index contributed by atoms with van der Waals surface area (Å²) in [7, 11) is 0. The average Bonchev–Trinajstić information content (AvgIpc) is 2.51. The van der Waals surface area contributed by atoms with Gasteiger partial charge in [0.05, 0.1) is 5.60 Å². The quantitative estimate of drug-likeness (QED) is 0.710. The predicted octanol–water partition coefficient (Wildman–Crippen LogP) is 2.33. The Morgan fingerprint density at radius 1 is 1.54 bits per heavy atom. The van der Waals surface area contributed by atoms with Crippen molar-refractivity contribution in [2.24, 2.45) is 0 Å². The maximum atomic E-state index is 5.71. The number of nitrogens with one attached hydrogen (secondary N) is 1. The fourth-order valence-corrected chi connectivity index (χ4v) is 1.90. The minimum atomic E-state index is 0.113. The summed E-state index contributed by atoms with van der Waals surface area (Å²) in [4.78, 5) is 0. The van der Waals surface area contributed by atoms with E-state index in [1.807, 2.05) is 0 Å². The molecule has 0 aromatic rings. The lowest BCUT2D eigenvalue weighted by molar-refractivity contribution is 0.0189. The van der Waals surface area contributed by atoms with E-state index in [4.69, 9.17) is 4.74 Å². The number of rotatable bonds is 5. The van der Waals surface area contributed by atoms with Gasteiger partial charge in [0.2, 0.25) is 0 Å². The van der Waals surface area contributed by atoms with Crippen LogP contribution >= 0.6 is 0 Å². The lowest BCUT2D eigenvalue weighted by Gasteiger charge is -2.25. The predicted molar refractivity (Wildman–Crippen MR) is 56.0 cm³/mol. The molecule has 0 bridgehead atoms. The Hall–Kier alpha value is -0.0800. The van der Waals surface area contributed by atoms with Crippen molar-refractivity contribution < 1.29 is 4.74 Å². The summed E-state index contributed by atoms with van der Waals surface area (Å²) in [6, 6.07) is 0.631. The first-order chi connectivity index (χ1) is 6.16. The topological polar surface area (TPSA) is 21.3 Å². The van der Waals surface area contributed by atoms with Crippen LogP contribution in [0.3, 0.4) is 0 Å². The van der Waals surface area contributed by atoms with Crippen molar-refractivity contribution in [3.63, 3.8) is 0 Å². The second-order valence-electron chi connectivity index (χ2n) is 4.47. The Kier molecular flexibility index (Phi) is 4.20. The molecule has 2 atom stereocenters. The normalized spacial score (nSPS) is 30.7. The van der Waals surface area contributed by atoms with Crippen molar-refractivity contribution in [3.05, 3.63) is 0 Å². The van der Waals surface area contributed by atoms with Crippen LogP contribution in [-0.4, -0.2) is 24.8 Å². The van der Waals surface area contributed by atoms with Gasteiger partial charge in [-0.15, -0.1) is 0 Å². The highest BCUT2D eigenvalue weighted by atomic mass is 16.5. The molecule has 0 spiro atoms. The van der Waals surface area contributed by atoms with Gasteiger partial charge < -0.3 is 10.1 Å². The van der Waals surface area contributed by atoms with Crippen LogP contribution < -0.4 is 5.32 Å². The van der Waals surface area contributed by atoms with Gasteiger partial charge in [-0.3, -0.25) is 0 Å². The van der Waals surface area contributed by atoms with Crippen LogP contribution in [0.15, 0.2) is 0 Å². The molecule has 78 valence electrons. The SMILES string of the molecule is CCCC(C)NCC1(C)CCCO1. The molecule has 2 heteroatoms. The Bertz CT molecular complexity index is 141. The Balaban J connectivity index is 2.17. The largest absolute Gasteiger partial charge is 0.374 e. The molecule has 2 nitrogen and oxygen atoms in total. The van der Waals surface area contributed by atoms with E-state index >= 15 is 0 Å². The second kappa shape index (κ2) is 4.97. The van der Waals surface area contributed by atoms with Gasteiger partial charge in [-0.25, -0.2) is 0 Å². The molecular weight excluding hydrogens is 162 g/mol. The standard InChI is InChI=1S/C11H23NO/c1-4-6-10(2)12-9-11(3)7-5-8-13-11/h10,12H,4-9H2,1-3H3. The highest BCUT2D eigenvalue weighted by Crippen LogP contribution is 2.24. The Morgan fingerprint density at radius 3 is 2.85 bits per heavy atom. The van der Waals surface area contributed by atoms with Gasteiger partial charge in [-0.05, 0) is 33.1 Å². The van der Waals surface area contributed by atoms with Crippen LogP contribution in [0.5, 0.6) is 0 Å². The molecule has 0 radical (unpaired) electrons. The van der Waals surface area contributed by atoms with Gasteiger partial charge in [-0.2, -0.15) is 0 Å². The van der Waals surface area contributed by atoms with Gasteiger partial charge in [0.25, 0.3) is 0 Å². The van der Waals surface area contributed by atoms with Crippen molar-refractivity contribution in [2.45, 2.75) is 58.1 Å². The molecule has 0 aromatic heterocycles. The molecule has 2 unspecified atom stereocenters. The van der Waals surface area contributed by atoms with Crippen LogP contribution in [0, 0.1) is 0 Å². The van der Waals surface area contributed by atoms with E-state index in [2.05, 4.69) is 26.1 Å². The summed E-state index contributed by atoms with van der Waals surface area (Å²) in [5.41, 5.74) is 0.113. The molecule has 13 heavy (non-hydrogen) atoms. The molecule has 0 aliphatic carbocycles. The van der Waals surface area contributed by atoms with Crippen LogP contribution in [0.2, 0.25) is 0 Å². The van der Waals surface area contributed by atoms with Crippen LogP contribution in [-0.2, 0) is 4.74 Å². The molecule has 1 aliphatic rings. The van der Waals surface area contributed by atoms with Gasteiger partial charge in [-0.1, -0.05) is 13.3 Å². The smallest absolute Gasteiger partial charge is 0.0779 e. The Morgan fingerprint density at radius 2 is 2.31 bits per heavy atom. The third-order valence-corrected chi connectivity index (χ3v) is 2.85. The van der Waals surface area contributed by atoms with E-state index in [1.165, 1.54) is 25.7 Å². The maximum Gasteiger partial charge on any atom is 0.0779 e. The average molecular weight is 185 g/mol. The molecule has 0 amide bonds. The molecule has 1 fully saturated rings. The van der Waals surface area contributed by atoms with Gasteiger partial charge in [0, 0.05) is 19.2 Å². The van der Waals surface area contributed by atoms with Crippen molar-refractivity contribution in [3.8, 4) is 0 Å². The minimum Gasteiger partial charge on any atom is -0.374 e. The summed E-state index contributed by atoms with van der Waals surface area (Å²) in [5.74, 6) is 0. The maximum absolute atomic E-state index is 5.71. The summed E-state index contributed by atoms with van der Waals surface area (Å²) < 4.78 is 5.71. The summed E-state index contributed by atoms with van der Waals surface area (Å²) in [6.45, 7) is 8.65. The molecule has 1 saturated heterocycles. The van der Waals surface area contributed by atoms with Crippen LogP contribution in [0.1, 0.15) is 46.5 Å². The summed E-state index contributed by atoms with van der Waals surface area (Å²) >= 11 is 0. The monoisotopic (exact) mass is 185 g/mol. The molecule has 1 N–H and O–H groups in total. The lowest BCUT2D eigenvalue weighted by atomic mass is 10.0. The first-order valence-corrected chi connectivity index (χ1v) is 5.53. The van der Waals surface area contributed by atoms with E-state index in [9.17, 15) is 0 Å². The number of hydrogen-bond donors (Lipinski definition) is 1. The Labute approximate surface area is 82.0 Å². The van der Waals surface area contributed by atoms with E-state index < -0.39 is 0 Å². The van der Waals surface area contributed by atoms with Gasteiger partial charge in [0.15, 0.2) is 0 Å². The van der Waals surface area contributed by atoms with E-state index in [0.29, 0.717) is 6.04 Å². The van der Waals surface area contributed by atoms with Crippen molar-refractivity contribution in [1.29, 1.82) is 0 Å². The zero-order valence-electron chi connectivity index (χ0n) is 9.23. The first kappa shape index (κ1) is 11.0. The van der Waals surface area contributed by atoms with Crippen LogP contribution in [0.4, 0.5) is 0 Å². The summed E-state index contributed by atoms with van der Waals surface area (Å²) in [5, 5.41) is 3.54. The molecular formula is C11H23NO. The van der Waals surface area contributed by atoms with Crippen molar-refractivity contribution in [1.82, 2.24) is 5.32 Å². The van der Waals surface area contributed by atoms with Crippen LogP contribution in [0.25, 0.3) is 0 Å². The molecule has 0 saturated carbocycles. The zero-order chi connectivity index (χ0) is 9.73. The zero-order valence-corrected chi connectivity index (χ0v) is 9.23. The van der Waals surface area contributed by atoms with E-state index in [0.717, 1.165) is 13.2 Å². The second-order valence-corrected chi connectivity index (χ2v) is 4.47. The summed E-state index contributed by atoms with van der Waals surface area (Å²) in [6.07, 6.45) is 4.95. The molecule has 1 heterocycles. The van der Waals surface area contributed by atoms with Gasteiger partial charge in [0.1, 0.15) is 0 Å². The highest BCUT2D eigenvalue weighted by molar-refractivity contribution is 4.83. The number of hydrogen-bond acceptors (Lipinski definition) is 2. The highest BCUT2D eigenvalue weighted by Gasteiger charge is 2.29. The fraction of sp³-hybridized carbons (Fsp3) is 1.00. The molecule has 1 aliphatic heterocycles. The number of ether oxygens (including phenoxy) is 1. The lowest BCUT2D eigenvalue weighted by Crippen LogP contribution is -2.41. The van der Waals surface area contributed by atoms with E-state index in [-0.39, 0.29) is 5.60 Å². The van der Waals surface area contributed by atoms with Crippen molar-refractivity contribution >= 4 is 0 Å². The minimum absolute atomic E-state index is 0.113. The molecule has 1 rings (SSSR count). The van der Waals surface area contributed by atoms with Gasteiger partial charge >= 0.3 is 0 Å². The first-order valence-electron chi connectivity index (χ1n) is 5.53.